The van der Waals surface area contributed by atoms with Gasteiger partial charge in [0.15, 0.2) is 0 Å². The predicted molar refractivity (Wildman–Crippen MR) is 97.8 cm³/mol. The number of para-hydroxylation sites is 1. The molecule has 6 heteroatoms. The molecule has 0 bridgehead atoms. The zero-order valence-electron chi connectivity index (χ0n) is 13.1. The van der Waals surface area contributed by atoms with Gasteiger partial charge in [0.05, 0.1) is 16.9 Å². The number of benzene rings is 1. The number of halogens is 1. The number of imidazole rings is 1. The van der Waals surface area contributed by atoms with Crippen LogP contribution in [0.2, 0.25) is 5.02 Å². The van der Waals surface area contributed by atoms with Crippen molar-refractivity contribution in [1.29, 1.82) is 0 Å². The second-order valence-electron chi connectivity index (χ2n) is 5.47. The lowest BCUT2D eigenvalue weighted by Gasteiger charge is -2.08. The van der Waals surface area contributed by atoms with Gasteiger partial charge in [-0.2, -0.15) is 0 Å². The van der Waals surface area contributed by atoms with E-state index < -0.39 is 0 Å². The normalized spacial score (nSPS) is 10.8. The maximum Gasteiger partial charge on any atom is 0.274 e. The molecule has 0 fully saturated rings. The molecule has 3 heterocycles. The van der Waals surface area contributed by atoms with E-state index in [1.165, 1.54) is 0 Å². The molecular weight excluding hydrogens is 336 g/mol. The number of hydrogen-bond donors (Lipinski definition) is 1. The summed E-state index contributed by atoms with van der Waals surface area (Å²) in [5.41, 5.74) is 3.60. The first-order valence-electron chi connectivity index (χ1n) is 7.66. The lowest BCUT2D eigenvalue weighted by atomic mass is 10.1. The Hall–Kier alpha value is -3.18. The van der Waals surface area contributed by atoms with Gasteiger partial charge in [0.1, 0.15) is 11.3 Å². The molecule has 4 rings (SSSR count). The highest BCUT2D eigenvalue weighted by Crippen LogP contribution is 2.23. The molecule has 0 aliphatic rings. The second kappa shape index (κ2) is 6.37. The largest absolute Gasteiger partial charge is 0.319 e. The quantitative estimate of drug-likeness (QED) is 0.600. The Kier molecular flexibility index (Phi) is 3.91. The van der Waals surface area contributed by atoms with Gasteiger partial charge in [0.25, 0.3) is 5.91 Å². The van der Waals surface area contributed by atoms with Crippen LogP contribution in [-0.4, -0.2) is 20.3 Å². The molecule has 1 N–H and O–H groups in total. The average molecular weight is 349 g/mol. The molecule has 4 aromatic rings. The van der Waals surface area contributed by atoms with Crippen LogP contribution in [0.1, 0.15) is 10.5 Å². The topological polar surface area (TPSA) is 59.3 Å². The molecule has 5 nitrogen and oxygen atoms in total. The van der Waals surface area contributed by atoms with Crippen LogP contribution in [0.15, 0.2) is 73.3 Å². The van der Waals surface area contributed by atoms with Gasteiger partial charge in [-0.25, -0.2) is 4.98 Å². The number of fused-ring (bicyclic) bond motifs is 1. The minimum absolute atomic E-state index is 0.274. The van der Waals surface area contributed by atoms with Crippen molar-refractivity contribution < 1.29 is 4.79 Å². The fourth-order valence-electron chi connectivity index (χ4n) is 2.60. The molecule has 122 valence electrons. The Morgan fingerprint density at radius 1 is 1.00 bits per heavy atom. The summed E-state index contributed by atoms with van der Waals surface area (Å²) in [7, 11) is 0. The summed E-state index contributed by atoms with van der Waals surface area (Å²) in [6, 6.07) is 14.8. The van der Waals surface area contributed by atoms with E-state index in [0.29, 0.717) is 22.1 Å². The van der Waals surface area contributed by atoms with Crippen LogP contribution in [0.5, 0.6) is 0 Å². The Morgan fingerprint density at radius 3 is 2.68 bits per heavy atom. The van der Waals surface area contributed by atoms with Crippen molar-refractivity contribution in [2.24, 2.45) is 0 Å². The molecule has 0 aliphatic heterocycles. The smallest absolute Gasteiger partial charge is 0.274 e. The Bertz CT molecular complexity index is 1060. The zero-order chi connectivity index (χ0) is 17.2. The number of aromatic nitrogens is 3. The molecular formula is C19H13ClN4O. The predicted octanol–water partition coefficient (Wildman–Crippen LogP) is 4.30. The van der Waals surface area contributed by atoms with Gasteiger partial charge < -0.3 is 5.32 Å². The maximum atomic E-state index is 12.6. The Morgan fingerprint density at radius 2 is 1.88 bits per heavy atom. The first-order valence-corrected chi connectivity index (χ1v) is 8.03. The summed E-state index contributed by atoms with van der Waals surface area (Å²) in [6.07, 6.45) is 6.93. The third kappa shape index (κ3) is 2.97. The molecule has 0 unspecified atom stereocenters. The lowest BCUT2D eigenvalue weighted by molar-refractivity contribution is 0.102. The number of rotatable bonds is 3. The molecule has 3 aromatic heterocycles. The Labute approximate surface area is 148 Å². The van der Waals surface area contributed by atoms with E-state index in [-0.39, 0.29) is 5.91 Å². The van der Waals surface area contributed by atoms with Crippen LogP contribution >= 0.6 is 11.6 Å². The van der Waals surface area contributed by atoms with Crippen molar-refractivity contribution >= 4 is 28.8 Å². The van der Waals surface area contributed by atoms with E-state index >= 15 is 0 Å². The molecule has 1 amide bonds. The molecule has 0 saturated heterocycles. The third-order valence-electron chi connectivity index (χ3n) is 3.86. The average Bonchev–Trinajstić information content (AvgIpc) is 3.07. The van der Waals surface area contributed by atoms with Crippen LogP contribution in [-0.2, 0) is 0 Å². The number of nitrogens with zero attached hydrogens (tertiary/aromatic N) is 3. The van der Waals surface area contributed by atoms with Gasteiger partial charge in [0.2, 0.25) is 0 Å². The highest BCUT2D eigenvalue weighted by atomic mass is 35.5. The van der Waals surface area contributed by atoms with E-state index in [0.717, 1.165) is 11.1 Å². The van der Waals surface area contributed by atoms with E-state index in [1.54, 1.807) is 35.1 Å². The summed E-state index contributed by atoms with van der Waals surface area (Å²) in [4.78, 5) is 21.1. The zero-order valence-corrected chi connectivity index (χ0v) is 13.8. The molecule has 0 saturated carbocycles. The van der Waals surface area contributed by atoms with Gasteiger partial charge in [-0.3, -0.25) is 14.2 Å². The summed E-state index contributed by atoms with van der Waals surface area (Å²) in [5.74, 6) is -0.274. The molecule has 0 aliphatic carbocycles. The molecule has 1 aromatic carbocycles. The molecule has 25 heavy (non-hydrogen) atoms. The summed E-state index contributed by atoms with van der Waals surface area (Å²) in [5, 5.41) is 3.31. The van der Waals surface area contributed by atoms with Gasteiger partial charge in [-0.15, -0.1) is 0 Å². The van der Waals surface area contributed by atoms with Gasteiger partial charge in [-0.05, 0) is 30.3 Å². The van der Waals surface area contributed by atoms with Crippen molar-refractivity contribution in [3.63, 3.8) is 0 Å². The van der Waals surface area contributed by atoms with Crippen molar-refractivity contribution in [3.8, 4) is 11.1 Å². The fraction of sp³-hybridized carbons (Fsp3) is 0. The van der Waals surface area contributed by atoms with Crippen molar-refractivity contribution in [3.05, 3.63) is 84.0 Å². The van der Waals surface area contributed by atoms with E-state index in [1.807, 2.05) is 42.6 Å². The number of anilines is 1. The number of pyridine rings is 2. The highest BCUT2D eigenvalue weighted by molar-refractivity contribution is 6.33. The highest BCUT2D eigenvalue weighted by Gasteiger charge is 2.14. The van der Waals surface area contributed by atoms with Crippen LogP contribution in [0.25, 0.3) is 16.8 Å². The third-order valence-corrected chi connectivity index (χ3v) is 4.18. The number of nitrogens with one attached hydrogen (secondary N) is 1. The maximum absolute atomic E-state index is 12.6. The number of hydrogen-bond acceptors (Lipinski definition) is 3. The van der Waals surface area contributed by atoms with Crippen LogP contribution in [0.3, 0.4) is 0 Å². The monoisotopic (exact) mass is 348 g/mol. The molecule has 0 atom stereocenters. The van der Waals surface area contributed by atoms with Gasteiger partial charge >= 0.3 is 0 Å². The number of carbonyl (C=O) groups excluding carboxylic acids is 1. The first-order chi connectivity index (χ1) is 12.2. The Balaban J connectivity index is 1.72. The van der Waals surface area contributed by atoms with Crippen LogP contribution in [0, 0.1) is 0 Å². The number of carbonyl (C=O) groups is 1. The summed E-state index contributed by atoms with van der Waals surface area (Å²) >= 11 is 6.11. The summed E-state index contributed by atoms with van der Waals surface area (Å²) < 4.78 is 1.76. The van der Waals surface area contributed by atoms with E-state index in [4.69, 9.17) is 11.6 Å². The fourth-order valence-corrected chi connectivity index (χ4v) is 2.78. The van der Waals surface area contributed by atoms with Gasteiger partial charge in [-0.1, -0.05) is 29.8 Å². The van der Waals surface area contributed by atoms with Crippen molar-refractivity contribution in [1.82, 2.24) is 14.4 Å². The van der Waals surface area contributed by atoms with E-state index in [2.05, 4.69) is 15.3 Å². The second-order valence-corrected chi connectivity index (χ2v) is 5.87. The molecule has 0 spiro atoms. The molecule has 0 radical (unpaired) electrons. The van der Waals surface area contributed by atoms with Crippen LogP contribution in [0.4, 0.5) is 5.69 Å². The van der Waals surface area contributed by atoms with Crippen molar-refractivity contribution in [2.75, 3.05) is 5.32 Å². The van der Waals surface area contributed by atoms with Crippen molar-refractivity contribution in [2.45, 2.75) is 0 Å². The van der Waals surface area contributed by atoms with E-state index in [9.17, 15) is 4.79 Å². The minimum Gasteiger partial charge on any atom is -0.319 e. The lowest BCUT2D eigenvalue weighted by Crippen LogP contribution is -2.14. The summed E-state index contributed by atoms with van der Waals surface area (Å²) in [6.45, 7) is 0. The first kappa shape index (κ1) is 15.4. The minimum atomic E-state index is -0.274. The standard InChI is InChI=1S/C19H13ClN4O/c20-15-5-1-2-6-16(15)23-19(25)17-11-22-18-8-7-14(12-24(17)18)13-4-3-9-21-10-13/h1-12H,(H,23,25). The SMILES string of the molecule is O=C(Nc1ccccc1Cl)c1cnc2ccc(-c3cccnc3)cn12. The van der Waals surface area contributed by atoms with Gasteiger partial charge in [0, 0.05) is 29.7 Å². The number of amides is 1. The van der Waals surface area contributed by atoms with Crippen LogP contribution < -0.4 is 5.32 Å².